The maximum absolute atomic E-state index is 11.0. The van der Waals surface area contributed by atoms with Crippen LogP contribution in [0.25, 0.3) is 0 Å². The van der Waals surface area contributed by atoms with Gasteiger partial charge in [0.25, 0.3) is 0 Å². The Labute approximate surface area is 113 Å². The van der Waals surface area contributed by atoms with Crippen LogP contribution >= 0.6 is 0 Å². The normalized spacial score (nSPS) is 22.2. The third kappa shape index (κ3) is 3.00. The average Bonchev–Trinajstić information content (AvgIpc) is 2.85. The van der Waals surface area contributed by atoms with E-state index in [0.717, 1.165) is 18.5 Å². The summed E-state index contributed by atoms with van der Waals surface area (Å²) in [5, 5.41) is 12.5. The molecule has 0 aromatic heterocycles. The fraction of sp³-hybridized carbons (Fsp3) is 0.533. The smallest absolute Gasteiger partial charge is 0.335 e. The third-order valence-electron chi connectivity index (χ3n) is 3.97. The number of carboxylic acids is 1. The molecule has 4 nitrogen and oxygen atoms in total. The Hall–Kier alpha value is -1.71. The van der Waals surface area contributed by atoms with E-state index < -0.39 is 5.97 Å². The molecule has 0 heterocycles. The van der Waals surface area contributed by atoms with Gasteiger partial charge in [-0.25, -0.2) is 4.79 Å². The number of hydrogen-bond acceptors (Lipinski definition) is 3. The standard InChI is InChI=1S/C15H21NO3/c1-3-10-5-4-6-12(10)16-13-9-11(15(17)18)7-8-14(13)19-2/h7-10,12,16H,3-6H2,1-2H3,(H,17,18). The molecule has 1 aliphatic carbocycles. The van der Waals surface area contributed by atoms with Crippen molar-refractivity contribution in [1.82, 2.24) is 0 Å². The molecule has 2 atom stereocenters. The summed E-state index contributed by atoms with van der Waals surface area (Å²) in [5.41, 5.74) is 1.07. The SMILES string of the molecule is CCC1CCCC1Nc1cc(C(=O)O)ccc1OC. The molecule has 1 fully saturated rings. The maximum atomic E-state index is 11.0. The van der Waals surface area contributed by atoms with Crippen molar-refractivity contribution in [3.8, 4) is 5.75 Å². The fourth-order valence-electron chi connectivity index (χ4n) is 2.87. The number of carboxylic acid groups (broad SMARTS) is 1. The molecular weight excluding hydrogens is 242 g/mol. The molecule has 0 spiro atoms. The highest BCUT2D eigenvalue weighted by Crippen LogP contribution is 2.34. The monoisotopic (exact) mass is 263 g/mol. The van der Waals surface area contributed by atoms with Crippen LogP contribution in [0.2, 0.25) is 0 Å². The number of ether oxygens (including phenoxy) is 1. The van der Waals surface area contributed by atoms with Crippen LogP contribution in [-0.4, -0.2) is 24.2 Å². The fourth-order valence-corrected chi connectivity index (χ4v) is 2.87. The van der Waals surface area contributed by atoms with Crippen molar-refractivity contribution in [1.29, 1.82) is 0 Å². The number of anilines is 1. The Morgan fingerprint density at radius 2 is 2.26 bits per heavy atom. The number of nitrogens with one attached hydrogen (secondary N) is 1. The predicted molar refractivity (Wildman–Crippen MR) is 75.0 cm³/mol. The average molecular weight is 263 g/mol. The lowest BCUT2D eigenvalue weighted by Crippen LogP contribution is -2.23. The second-order valence-electron chi connectivity index (χ2n) is 5.07. The minimum absolute atomic E-state index is 0.286. The van der Waals surface area contributed by atoms with E-state index in [1.165, 1.54) is 12.8 Å². The van der Waals surface area contributed by atoms with Crippen molar-refractivity contribution >= 4 is 11.7 Å². The van der Waals surface area contributed by atoms with Gasteiger partial charge in [0.1, 0.15) is 5.75 Å². The van der Waals surface area contributed by atoms with Gasteiger partial charge in [0.05, 0.1) is 18.4 Å². The highest BCUT2D eigenvalue weighted by atomic mass is 16.5. The van der Waals surface area contributed by atoms with Gasteiger partial charge >= 0.3 is 5.97 Å². The molecule has 0 saturated heterocycles. The second-order valence-corrected chi connectivity index (χ2v) is 5.07. The summed E-state index contributed by atoms with van der Waals surface area (Å²) < 4.78 is 5.30. The van der Waals surface area contributed by atoms with Crippen LogP contribution < -0.4 is 10.1 Å². The molecule has 1 aliphatic rings. The first kappa shape index (κ1) is 13.7. The van der Waals surface area contributed by atoms with Crippen LogP contribution in [0.4, 0.5) is 5.69 Å². The van der Waals surface area contributed by atoms with E-state index >= 15 is 0 Å². The van der Waals surface area contributed by atoms with E-state index in [9.17, 15) is 4.79 Å². The summed E-state index contributed by atoms with van der Waals surface area (Å²) in [4.78, 5) is 11.0. The van der Waals surface area contributed by atoms with Gasteiger partial charge in [-0.15, -0.1) is 0 Å². The highest BCUT2D eigenvalue weighted by Gasteiger charge is 2.26. The van der Waals surface area contributed by atoms with Gasteiger partial charge in [0.15, 0.2) is 0 Å². The third-order valence-corrected chi connectivity index (χ3v) is 3.97. The molecule has 1 saturated carbocycles. The van der Waals surface area contributed by atoms with Crippen LogP contribution in [0.5, 0.6) is 5.75 Å². The second kappa shape index (κ2) is 5.95. The highest BCUT2D eigenvalue weighted by molar-refractivity contribution is 5.89. The zero-order valence-electron chi connectivity index (χ0n) is 11.5. The Kier molecular flexibility index (Phi) is 4.30. The Bertz CT molecular complexity index is 459. The summed E-state index contributed by atoms with van der Waals surface area (Å²) in [5.74, 6) is 0.453. The summed E-state index contributed by atoms with van der Waals surface area (Å²) in [6.07, 6.45) is 4.77. The largest absolute Gasteiger partial charge is 0.495 e. The first-order chi connectivity index (χ1) is 9.15. The molecule has 19 heavy (non-hydrogen) atoms. The van der Waals surface area contributed by atoms with E-state index in [1.54, 1.807) is 25.3 Å². The van der Waals surface area contributed by atoms with E-state index in [1.807, 2.05) is 0 Å². The van der Waals surface area contributed by atoms with Crippen molar-refractivity contribution in [3.05, 3.63) is 23.8 Å². The molecule has 4 heteroatoms. The molecule has 2 N–H and O–H groups in total. The minimum Gasteiger partial charge on any atom is -0.495 e. The maximum Gasteiger partial charge on any atom is 0.335 e. The molecular formula is C15H21NO3. The number of benzene rings is 1. The number of aromatic carboxylic acids is 1. The van der Waals surface area contributed by atoms with Gasteiger partial charge in [-0.2, -0.15) is 0 Å². The zero-order valence-corrected chi connectivity index (χ0v) is 11.5. The first-order valence-corrected chi connectivity index (χ1v) is 6.83. The molecule has 2 rings (SSSR count). The van der Waals surface area contributed by atoms with Gasteiger partial charge in [-0.3, -0.25) is 0 Å². The van der Waals surface area contributed by atoms with Crippen LogP contribution in [-0.2, 0) is 0 Å². The molecule has 0 radical (unpaired) electrons. The van der Waals surface area contributed by atoms with Crippen molar-refractivity contribution < 1.29 is 14.6 Å². The number of carbonyl (C=O) groups is 1. The molecule has 0 aliphatic heterocycles. The van der Waals surface area contributed by atoms with E-state index in [0.29, 0.717) is 17.7 Å². The van der Waals surface area contributed by atoms with E-state index in [-0.39, 0.29) is 5.56 Å². The Balaban J connectivity index is 2.22. The molecule has 0 amide bonds. The lowest BCUT2D eigenvalue weighted by Gasteiger charge is -2.22. The first-order valence-electron chi connectivity index (χ1n) is 6.83. The molecule has 2 unspecified atom stereocenters. The molecule has 1 aromatic carbocycles. The minimum atomic E-state index is -0.913. The van der Waals surface area contributed by atoms with Crippen molar-refractivity contribution in [3.63, 3.8) is 0 Å². The van der Waals surface area contributed by atoms with Crippen molar-refractivity contribution in [2.24, 2.45) is 5.92 Å². The Morgan fingerprint density at radius 1 is 1.47 bits per heavy atom. The van der Waals surface area contributed by atoms with E-state index in [2.05, 4.69) is 12.2 Å². The number of rotatable bonds is 5. The summed E-state index contributed by atoms with van der Waals surface area (Å²) in [7, 11) is 1.60. The van der Waals surface area contributed by atoms with Crippen molar-refractivity contribution in [2.75, 3.05) is 12.4 Å². The number of methoxy groups -OCH3 is 1. The van der Waals surface area contributed by atoms with Crippen LogP contribution in [0.3, 0.4) is 0 Å². The summed E-state index contributed by atoms with van der Waals surface area (Å²) in [6, 6.07) is 5.36. The molecule has 104 valence electrons. The molecule has 0 bridgehead atoms. The van der Waals surface area contributed by atoms with Crippen molar-refractivity contribution in [2.45, 2.75) is 38.6 Å². The lowest BCUT2D eigenvalue weighted by atomic mass is 10.00. The van der Waals surface area contributed by atoms with E-state index in [4.69, 9.17) is 9.84 Å². The predicted octanol–water partition coefficient (Wildman–Crippen LogP) is 3.38. The lowest BCUT2D eigenvalue weighted by molar-refractivity contribution is 0.0697. The van der Waals surface area contributed by atoms with Gasteiger partial charge in [-0.05, 0) is 37.0 Å². The number of hydrogen-bond donors (Lipinski definition) is 2. The quantitative estimate of drug-likeness (QED) is 0.855. The van der Waals surface area contributed by atoms with Crippen LogP contribution in [0, 0.1) is 5.92 Å². The van der Waals surface area contributed by atoms with Gasteiger partial charge < -0.3 is 15.2 Å². The van der Waals surface area contributed by atoms with Gasteiger partial charge in [0, 0.05) is 6.04 Å². The zero-order chi connectivity index (χ0) is 13.8. The van der Waals surface area contributed by atoms with Gasteiger partial charge in [-0.1, -0.05) is 19.8 Å². The Morgan fingerprint density at radius 3 is 2.89 bits per heavy atom. The summed E-state index contributed by atoms with van der Waals surface area (Å²) >= 11 is 0. The summed E-state index contributed by atoms with van der Waals surface area (Å²) in [6.45, 7) is 2.20. The van der Waals surface area contributed by atoms with Crippen LogP contribution in [0.15, 0.2) is 18.2 Å². The van der Waals surface area contributed by atoms with Gasteiger partial charge in [0.2, 0.25) is 0 Å². The topological polar surface area (TPSA) is 58.6 Å². The van der Waals surface area contributed by atoms with Crippen LogP contribution in [0.1, 0.15) is 43.0 Å². The molecule has 1 aromatic rings.